The predicted octanol–water partition coefficient (Wildman–Crippen LogP) is -0.439. The topological polar surface area (TPSA) is 85.1 Å². The van der Waals surface area contributed by atoms with Gasteiger partial charge in [-0.15, -0.1) is 0 Å². The number of rotatable bonds is 6. The normalized spacial score (nSPS) is 12.2. The van der Waals surface area contributed by atoms with E-state index in [1.54, 1.807) is 6.20 Å². The number of hydrogen-bond acceptors (Lipinski definition) is 5. The first-order valence-corrected chi connectivity index (χ1v) is 7.45. The Morgan fingerprint density at radius 1 is 1.15 bits per heavy atom. The quantitative estimate of drug-likeness (QED) is 0.781. The number of nitrogens with one attached hydrogen (secondary N) is 1. The lowest BCUT2D eigenvalue weighted by Crippen LogP contribution is -2.31. The molecule has 2 heterocycles. The van der Waals surface area contributed by atoms with Crippen LogP contribution in [0.1, 0.15) is 11.6 Å². The summed E-state index contributed by atoms with van der Waals surface area (Å²) in [5.74, 6) is 1.31. The maximum atomic E-state index is 12.1. The summed E-state index contributed by atoms with van der Waals surface area (Å²) in [5.41, 5.74) is 0. The zero-order valence-electron chi connectivity index (χ0n) is 11.7. The number of aromatic nitrogens is 4. The van der Waals surface area contributed by atoms with Crippen LogP contribution >= 0.6 is 0 Å². The Kier molecular flexibility index (Phi) is 4.21. The SMILES string of the molecule is CN(C)S(=O)(=O)n1ccnc1CNCc1nccn1C. The third-order valence-corrected chi connectivity index (χ3v) is 4.63. The molecule has 2 rings (SSSR count). The Hall–Kier alpha value is -1.71. The van der Waals surface area contributed by atoms with Crippen molar-refractivity contribution < 1.29 is 8.42 Å². The highest BCUT2D eigenvalue weighted by Gasteiger charge is 2.19. The van der Waals surface area contributed by atoms with Crippen LogP contribution in [0, 0.1) is 0 Å². The van der Waals surface area contributed by atoms with Crippen molar-refractivity contribution in [3.8, 4) is 0 Å². The van der Waals surface area contributed by atoms with Crippen molar-refractivity contribution in [2.24, 2.45) is 7.05 Å². The van der Waals surface area contributed by atoms with Gasteiger partial charge in [0, 0.05) is 45.9 Å². The van der Waals surface area contributed by atoms with Gasteiger partial charge in [-0.3, -0.25) is 0 Å². The van der Waals surface area contributed by atoms with Crippen LogP contribution in [0.5, 0.6) is 0 Å². The molecule has 8 nitrogen and oxygen atoms in total. The fraction of sp³-hybridized carbons (Fsp3) is 0.455. The van der Waals surface area contributed by atoms with Crippen molar-refractivity contribution in [1.29, 1.82) is 0 Å². The van der Waals surface area contributed by atoms with Gasteiger partial charge in [-0.2, -0.15) is 12.7 Å². The van der Waals surface area contributed by atoms with Gasteiger partial charge in [-0.1, -0.05) is 0 Å². The van der Waals surface area contributed by atoms with Crippen molar-refractivity contribution in [3.63, 3.8) is 0 Å². The molecule has 0 unspecified atom stereocenters. The van der Waals surface area contributed by atoms with E-state index in [9.17, 15) is 8.42 Å². The summed E-state index contributed by atoms with van der Waals surface area (Å²) >= 11 is 0. The van der Waals surface area contributed by atoms with E-state index in [2.05, 4.69) is 15.3 Å². The smallest absolute Gasteiger partial charge is 0.308 e. The van der Waals surface area contributed by atoms with E-state index in [0.29, 0.717) is 18.9 Å². The molecule has 1 N–H and O–H groups in total. The van der Waals surface area contributed by atoms with E-state index in [1.807, 2.05) is 17.8 Å². The van der Waals surface area contributed by atoms with Gasteiger partial charge in [0.1, 0.15) is 11.6 Å². The fourth-order valence-corrected chi connectivity index (χ4v) is 2.62. The molecule has 0 aliphatic rings. The molecule has 0 aromatic carbocycles. The first-order valence-electron chi connectivity index (χ1n) is 6.05. The van der Waals surface area contributed by atoms with Crippen LogP contribution in [0.15, 0.2) is 24.8 Å². The molecule has 0 atom stereocenters. The highest BCUT2D eigenvalue weighted by atomic mass is 32.2. The van der Waals surface area contributed by atoms with E-state index < -0.39 is 10.2 Å². The van der Waals surface area contributed by atoms with E-state index in [0.717, 1.165) is 10.1 Å². The standard InChI is InChI=1S/C11H18N6O2S/c1-15(2)20(18,19)17-7-5-14-11(17)9-12-8-10-13-4-6-16(10)3/h4-7,12H,8-9H2,1-3H3. The maximum absolute atomic E-state index is 12.1. The number of imidazole rings is 2. The predicted molar refractivity (Wildman–Crippen MR) is 74.0 cm³/mol. The van der Waals surface area contributed by atoms with E-state index >= 15 is 0 Å². The van der Waals surface area contributed by atoms with Crippen molar-refractivity contribution in [2.75, 3.05) is 14.1 Å². The van der Waals surface area contributed by atoms with E-state index in [-0.39, 0.29) is 0 Å². The molecule has 2 aromatic heterocycles. The molecule has 0 bridgehead atoms. The Morgan fingerprint density at radius 2 is 1.75 bits per heavy atom. The monoisotopic (exact) mass is 298 g/mol. The van der Waals surface area contributed by atoms with Gasteiger partial charge in [0.05, 0.1) is 13.1 Å². The Bertz CT molecular complexity index is 673. The van der Waals surface area contributed by atoms with Crippen LogP contribution in [0.25, 0.3) is 0 Å². The fourth-order valence-electron chi connectivity index (χ4n) is 1.69. The van der Waals surface area contributed by atoms with Crippen molar-refractivity contribution in [3.05, 3.63) is 36.4 Å². The highest BCUT2D eigenvalue weighted by Crippen LogP contribution is 2.06. The summed E-state index contributed by atoms with van der Waals surface area (Å²) in [6, 6.07) is 0. The molecule has 0 radical (unpaired) electrons. The van der Waals surface area contributed by atoms with E-state index in [4.69, 9.17) is 0 Å². The molecule has 0 amide bonds. The number of nitrogens with zero attached hydrogens (tertiary/aromatic N) is 5. The lowest BCUT2D eigenvalue weighted by Gasteiger charge is -2.14. The minimum Gasteiger partial charge on any atom is -0.337 e. The van der Waals surface area contributed by atoms with Gasteiger partial charge >= 0.3 is 10.2 Å². The average Bonchev–Trinajstić information content (AvgIpc) is 2.99. The van der Waals surface area contributed by atoms with Gasteiger partial charge in [0.2, 0.25) is 0 Å². The molecule has 0 saturated heterocycles. The molecule has 0 fully saturated rings. The molecule has 20 heavy (non-hydrogen) atoms. The van der Waals surface area contributed by atoms with Crippen LogP contribution in [-0.2, 0) is 30.3 Å². The van der Waals surface area contributed by atoms with Gasteiger partial charge < -0.3 is 9.88 Å². The largest absolute Gasteiger partial charge is 0.337 e. The highest BCUT2D eigenvalue weighted by molar-refractivity contribution is 7.87. The lowest BCUT2D eigenvalue weighted by molar-refractivity contribution is 0.505. The second-order valence-electron chi connectivity index (χ2n) is 4.49. The van der Waals surface area contributed by atoms with Crippen LogP contribution in [-0.4, -0.2) is 45.3 Å². The first kappa shape index (κ1) is 14.7. The minimum atomic E-state index is -3.53. The van der Waals surface area contributed by atoms with Crippen LogP contribution in [0.4, 0.5) is 0 Å². The average molecular weight is 298 g/mol. The Labute approximate surface area is 118 Å². The Morgan fingerprint density at radius 3 is 2.35 bits per heavy atom. The van der Waals surface area contributed by atoms with E-state index in [1.165, 1.54) is 30.5 Å². The summed E-state index contributed by atoms with van der Waals surface area (Å²) in [5, 5.41) is 3.13. The van der Waals surface area contributed by atoms with Gasteiger partial charge in [-0.05, 0) is 0 Å². The second-order valence-corrected chi connectivity index (χ2v) is 6.51. The summed E-state index contributed by atoms with van der Waals surface area (Å²) in [7, 11) is 1.35. The van der Waals surface area contributed by atoms with Crippen molar-refractivity contribution in [1.82, 2.24) is 28.1 Å². The summed E-state index contributed by atoms with van der Waals surface area (Å²) in [6.45, 7) is 0.880. The summed E-state index contributed by atoms with van der Waals surface area (Å²) in [6.07, 6.45) is 6.48. The minimum absolute atomic E-state index is 0.340. The molecule has 0 saturated carbocycles. The first-order chi connectivity index (χ1) is 9.43. The molecular weight excluding hydrogens is 280 g/mol. The zero-order valence-corrected chi connectivity index (χ0v) is 12.5. The van der Waals surface area contributed by atoms with Gasteiger partial charge in [-0.25, -0.2) is 13.9 Å². The zero-order chi connectivity index (χ0) is 14.8. The maximum Gasteiger partial charge on any atom is 0.308 e. The molecule has 0 aliphatic carbocycles. The third kappa shape index (κ3) is 2.89. The number of hydrogen-bond donors (Lipinski definition) is 1. The second kappa shape index (κ2) is 5.73. The van der Waals surface area contributed by atoms with Gasteiger partial charge in [0.25, 0.3) is 0 Å². The molecule has 0 aliphatic heterocycles. The Balaban J connectivity index is 2.05. The molecule has 110 valence electrons. The van der Waals surface area contributed by atoms with Crippen molar-refractivity contribution in [2.45, 2.75) is 13.1 Å². The summed E-state index contributed by atoms with van der Waals surface area (Å²) in [4.78, 5) is 8.25. The van der Waals surface area contributed by atoms with Crippen LogP contribution < -0.4 is 5.32 Å². The van der Waals surface area contributed by atoms with Crippen LogP contribution in [0.3, 0.4) is 0 Å². The van der Waals surface area contributed by atoms with Crippen molar-refractivity contribution >= 4 is 10.2 Å². The van der Waals surface area contributed by atoms with Crippen LogP contribution in [0.2, 0.25) is 0 Å². The molecule has 2 aromatic rings. The molecular formula is C11H18N6O2S. The summed E-state index contributed by atoms with van der Waals surface area (Å²) < 4.78 is 28.3. The van der Waals surface area contributed by atoms with Gasteiger partial charge in [0.15, 0.2) is 0 Å². The number of aryl methyl sites for hydroxylation is 1. The molecule has 0 spiro atoms. The lowest BCUT2D eigenvalue weighted by atomic mass is 10.5. The molecule has 9 heteroatoms. The third-order valence-electron chi connectivity index (χ3n) is 2.88.